The second kappa shape index (κ2) is 3.96. The molecule has 3 N–H and O–H groups in total. The number of phenolic OH excluding ortho intramolecular Hbond substituents is 1. The summed E-state index contributed by atoms with van der Waals surface area (Å²) < 4.78 is 13.9. The molecule has 0 aromatic heterocycles. The molecule has 1 aromatic carbocycles. The Kier molecular flexibility index (Phi) is 3.11. The lowest BCUT2D eigenvalue weighted by molar-refractivity contribution is 0.149. The van der Waals surface area contributed by atoms with Gasteiger partial charge in [-0.15, -0.1) is 0 Å². The van der Waals surface area contributed by atoms with E-state index in [0.717, 1.165) is 0 Å². The van der Waals surface area contributed by atoms with Gasteiger partial charge in [-0.1, -0.05) is 32.0 Å². The van der Waals surface area contributed by atoms with E-state index in [1.165, 1.54) is 6.07 Å². The van der Waals surface area contributed by atoms with Gasteiger partial charge in [0.25, 0.3) is 0 Å². The monoisotopic (exact) mass is 197 g/mol. The van der Waals surface area contributed by atoms with Crippen LogP contribution in [0.5, 0.6) is 5.75 Å². The number of aromatic hydroxyl groups is 1. The fourth-order valence-electron chi connectivity index (χ4n) is 1.23. The number of halogens is 1. The van der Waals surface area contributed by atoms with Gasteiger partial charge in [-0.05, 0) is 6.07 Å². The van der Waals surface area contributed by atoms with Gasteiger partial charge in [-0.3, -0.25) is 0 Å². The van der Waals surface area contributed by atoms with E-state index in [1.807, 2.05) is 0 Å². The Hall–Kier alpha value is -1.09. The third-order valence-electron chi connectivity index (χ3n) is 2.42. The maximum atomic E-state index is 13.9. The van der Waals surface area contributed by atoms with Crippen LogP contribution in [0.2, 0.25) is 0 Å². The van der Waals surface area contributed by atoms with Gasteiger partial charge in [0.2, 0.25) is 0 Å². The predicted octanol–water partition coefficient (Wildman–Crippen LogP) is 2.39. The van der Waals surface area contributed by atoms with Crippen molar-refractivity contribution in [3.63, 3.8) is 0 Å². The van der Waals surface area contributed by atoms with E-state index in [0.29, 0.717) is 5.56 Å². The van der Waals surface area contributed by atoms with E-state index in [2.05, 4.69) is 0 Å². The molecule has 1 rings (SSSR count). The number of alkyl halides is 1. The molecule has 1 aromatic rings. The largest absolute Gasteiger partial charge is 0.508 e. The molecule has 1 unspecified atom stereocenters. The molecule has 0 aliphatic carbocycles. The van der Waals surface area contributed by atoms with Crippen LogP contribution in [-0.2, 0) is 0 Å². The molecule has 0 saturated heterocycles. The molecule has 0 heterocycles. The smallest absolute Gasteiger partial charge is 0.135 e. The lowest BCUT2D eigenvalue weighted by Gasteiger charge is -2.27. The minimum Gasteiger partial charge on any atom is -0.508 e. The first kappa shape index (κ1) is 11.0. The average Bonchev–Trinajstić information content (AvgIpc) is 2.17. The molecular weight excluding hydrogens is 181 g/mol. The third kappa shape index (κ3) is 2.04. The first-order valence-electron chi connectivity index (χ1n) is 4.61. The van der Waals surface area contributed by atoms with E-state index in [1.54, 1.807) is 32.0 Å². The fourth-order valence-corrected chi connectivity index (χ4v) is 1.23. The molecule has 0 spiro atoms. The quantitative estimate of drug-likeness (QED) is 0.781. The molecule has 0 amide bonds. The summed E-state index contributed by atoms with van der Waals surface area (Å²) in [6.07, 6.45) is -1.24. The van der Waals surface area contributed by atoms with Gasteiger partial charge in [0, 0.05) is 17.5 Å². The molecule has 78 valence electrons. The summed E-state index contributed by atoms with van der Waals surface area (Å²) in [5.74, 6) is -0.0125. The molecular formula is C11H16FNO. The molecule has 3 heteroatoms. The van der Waals surface area contributed by atoms with Crippen LogP contribution in [-0.4, -0.2) is 11.7 Å². The highest BCUT2D eigenvalue weighted by Gasteiger charge is 2.31. The third-order valence-corrected chi connectivity index (χ3v) is 2.42. The molecule has 0 saturated carbocycles. The van der Waals surface area contributed by atoms with Gasteiger partial charge in [0.05, 0.1) is 0 Å². The second-order valence-corrected chi connectivity index (χ2v) is 4.11. The van der Waals surface area contributed by atoms with Crippen molar-refractivity contribution in [2.24, 2.45) is 11.1 Å². The number of nitrogens with two attached hydrogens (primary N) is 1. The van der Waals surface area contributed by atoms with Crippen LogP contribution in [0, 0.1) is 5.41 Å². The summed E-state index contributed by atoms with van der Waals surface area (Å²) >= 11 is 0. The maximum Gasteiger partial charge on any atom is 0.135 e. The SMILES string of the molecule is CC(C)(CN)C(F)c1ccccc1O. The summed E-state index contributed by atoms with van der Waals surface area (Å²) in [6.45, 7) is 3.72. The molecule has 2 nitrogen and oxygen atoms in total. The zero-order valence-corrected chi connectivity index (χ0v) is 8.50. The minimum absolute atomic E-state index is 0.0125. The van der Waals surface area contributed by atoms with Crippen LogP contribution in [0.1, 0.15) is 25.6 Å². The molecule has 0 aliphatic heterocycles. The van der Waals surface area contributed by atoms with E-state index in [9.17, 15) is 9.50 Å². The van der Waals surface area contributed by atoms with Crippen molar-refractivity contribution in [3.8, 4) is 5.75 Å². The first-order chi connectivity index (χ1) is 6.49. The van der Waals surface area contributed by atoms with Crippen molar-refractivity contribution in [2.75, 3.05) is 6.54 Å². The second-order valence-electron chi connectivity index (χ2n) is 4.11. The summed E-state index contributed by atoms with van der Waals surface area (Å²) in [4.78, 5) is 0. The Morgan fingerprint density at radius 1 is 1.43 bits per heavy atom. The van der Waals surface area contributed by atoms with Crippen molar-refractivity contribution in [1.82, 2.24) is 0 Å². The van der Waals surface area contributed by atoms with Crippen molar-refractivity contribution in [2.45, 2.75) is 20.0 Å². The van der Waals surface area contributed by atoms with E-state index in [-0.39, 0.29) is 12.3 Å². The highest BCUT2D eigenvalue weighted by Crippen LogP contribution is 2.39. The number of phenols is 1. The zero-order chi connectivity index (χ0) is 10.8. The van der Waals surface area contributed by atoms with Gasteiger partial charge in [0.15, 0.2) is 0 Å². The number of para-hydroxylation sites is 1. The Morgan fingerprint density at radius 3 is 2.50 bits per heavy atom. The molecule has 0 bridgehead atoms. The van der Waals surface area contributed by atoms with Crippen LogP contribution in [0.3, 0.4) is 0 Å². The maximum absolute atomic E-state index is 13.9. The molecule has 0 fully saturated rings. The van der Waals surface area contributed by atoms with Crippen LogP contribution >= 0.6 is 0 Å². The lowest BCUT2D eigenvalue weighted by atomic mass is 9.83. The number of benzene rings is 1. The first-order valence-corrected chi connectivity index (χ1v) is 4.61. The standard InChI is InChI=1S/C11H16FNO/c1-11(2,7-13)10(12)8-5-3-4-6-9(8)14/h3-6,10,14H,7,13H2,1-2H3. The van der Waals surface area contributed by atoms with E-state index >= 15 is 0 Å². The summed E-state index contributed by atoms with van der Waals surface area (Å²) in [5, 5.41) is 9.46. The zero-order valence-electron chi connectivity index (χ0n) is 8.50. The predicted molar refractivity (Wildman–Crippen MR) is 54.8 cm³/mol. The van der Waals surface area contributed by atoms with Crippen LogP contribution in [0.4, 0.5) is 4.39 Å². The van der Waals surface area contributed by atoms with Gasteiger partial charge < -0.3 is 10.8 Å². The lowest BCUT2D eigenvalue weighted by Crippen LogP contribution is -2.28. The Morgan fingerprint density at radius 2 is 2.00 bits per heavy atom. The summed E-state index contributed by atoms with van der Waals surface area (Å²) in [5.41, 5.74) is 5.13. The van der Waals surface area contributed by atoms with Gasteiger partial charge >= 0.3 is 0 Å². The van der Waals surface area contributed by atoms with Crippen LogP contribution in [0.15, 0.2) is 24.3 Å². The van der Waals surface area contributed by atoms with Crippen LogP contribution in [0.25, 0.3) is 0 Å². The fraction of sp³-hybridized carbons (Fsp3) is 0.455. The molecule has 1 atom stereocenters. The average molecular weight is 197 g/mol. The van der Waals surface area contributed by atoms with Gasteiger partial charge in [-0.2, -0.15) is 0 Å². The molecule has 0 radical (unpaired) electrons. The Balaban J connectivity index is 3.00. The Bertz CT molecular complexity index is 312. The number of hydrogen-bond acceptors (Lipinski definition) is 2. The molecule has 0 aliphatic rings. The van der Waals surface area contributed by atoms with Crippen molar-refractivity contribution < 1.29 is 9.50 Å². The van der Waals surface area contributed by atoms with Crippen molar-refractivity contribution in [1.29, 1.82) is 0 Å². The van der Waals surface area contributed by atoms with Gasteiger partial charge in [0.1, 0.15) is 11.9 Å². The number of rotatable bonds is 3. The van der Waals surface area contributed by atoms with Crippen molar-refractivity contribution in [3.05, 3.63) is 29.8 Å². The van der Waals surface area contributed by atoms with Crippen LogP contribution < -0.4 is 5.73 Å². The highest BCUT2D eigenvalue weighted by molar-refractivity contribution is 5.34. The van der Waals surface area contributed by atoms with E-state index < -0.39 is 11.6 Å². The Labute approximate surface area is 83.6 Å². The van der Waals surface area contributed by atoms with E-state index in [4.69, 9.17) is 5.73 Å². The summed E-state index contributed by atoms with van der Waals surface area (Å²) in [7, 11) is 0. The topological polar surface area (TPSA) is 46.2 Å². The minimum atomic E-state index is -1.24. The van der Waals surface area contributed by atoms with Crippen molar-refractivity contribution >= 4 is 0 Å². The van der Waals surface area contributed by atoms with Gasteiger partial charge in [-0.25, -0.2) is 4.39 Å². The highest BCUT2D eigenvalue weighted by atomic mass is 19.1. The normalized spacial score (nSPS) is 14.0. The molecule has 14 heavy (non-hydrogen) atoms. The number of hydrogen-bond donors (Lipinski definition) is 2. The summed E-state index contributed by atoms with van der Waals surface area (Å²) in [6, 6.07) is 6.43.